The van der Waals surface area contributed by atoms with E-state index in [1.807, 2.05) is 20.8 Å². The van der Waals surface area contributed by atoms with Crippen LogP contribution in [0.3, 0.4) is 0 Å². The highest BCUT2D eigenvalue weighted by molar-refractivity contribution is 5.77. The van der Waals surface area contributed by atoms with Crippen molar-refractivity contribution in [3.63, 3.8) is 0 Å². The first kappa shape index (κ1) is 11.2. The number of alkyl carbamates (subject to hydrolysis) is 1. The zero-order valence-corrected chi connectivity index (χ0v) is 9.78. The van der Waals surface area contributed by atoms with Crippen molar-refractivity contribution in [2.24, 2.45) is 11.8 Å². The summed E-state index contributed by atoms with van der Waals surface area (Å²) in [5.41, 5.74) is -0.502. The number of hydrogen-bond donors (Lipinski definition) is 1. The molecule has 1 heterocycles. The molecule has 0 unspecified atom stereocenters. The van der Waals surface area contributed by atoms with E-state index < -0.39 is 11.7 Å². The maximum Gasteiger partial charge on any atom is 0.408 e. The molecule has 1 aliphatic heterocycles. The van der Waals surface area contributed by atoms with Crippen LogP contribution in [-0.2, 0) is 14.3 Å². The third-order valence-corrected chi connectivity index (χ3v) is 2.77. The lowest BCUT2D eigenvalue weighted by Crippen LogP contribution is -2.45. The summed E-state index contributed by atoms with van der Waals surface area (Å²) in [7, 11) is 0. The van der Waals surface area contributed by atoms with Crippen molar-refractivity contribution in [3.05, 3.63) is 0 Å². The van der Waals surface area contributed by atoms with Gasteiger partial charge in [0.1, 0.15) is 12.2 Å². The average Bonchev–Trinajstić information content (AvgIpc) is 2.86. The Morgan fingerprint density at radius 3 is 2.81 bits per heavy atom. The van der Waals surface area contributed by atoms with E-state index in [0.717, 1.165) is 6.42 Å². The van der Waals surface area contributed by atoms with Gasteiger partial charge in [-0.05, 0) is 33.1 Å². The van der Waals surface area contributed by atoms with Gasteiger partial charge < -0.3 is 14.8 Å². The molecule has 0 aromatic carbocycles. The molecule has 1 amide bonds. The van der Waals surface area contributed by atoms with Gasteiger partial charge in [0.2, 0.25) is 0 Å². The van der Waals surface area contributed by atoms with Crippen molar-refractivity contribution in [2.75, 3.05) is 6.61 Å². The van der Waals surface area contributed by atoms with Crippen LogP contribution < -0.4 is 5.32 Å². The first-order chi connectivity index (χ1) is 7.37. The van der Waals surface area contributed by atoms with Crippen LogP contribution in [0.2, 0.25) is 0 Å². The van der Waals surface area contributed by atoms with E-state index in [1.54, 1.807) is 0 Å². The molecule has 2 fully saturated rings. The number of cyclic esters (lactones) is 1. The van der Waals surface area contributed by atoms with Gasteiger partial charge in [0, 0.05) is 0 Å². The van der Waals surface area contributed by atoms with Gasteiger partial charge in [-0.1, -0.05) is 0 Å². The molecule has 90 valence electrons. The quantitative estimate of drug-likeness (QED) is 0.681. The summed E-state index contributed by atoms with van der Waals surface area (Å²) >= 11 is 0. The van der Waals surface area contributed by atoms with E-state index in [1.165, 1.54) is 0 Å². The van der Waals surface area contributed by atoms with Crippen LogP contribution >= 0.6 is 0 Å². The molecule has 5 nitrogen and oxygen atoms in total. The van der Waals surface area contributed by atoms with Gasteiger partial charge in [-0.25, -0.2) is 4.79 Å². The van der Waals surface area contributed by atoms with Crippen LogP contribution in [0.4, 0.5) is 4.79 Å². The Bertz CT molecular complexity index is 320. The van der Waals surface area contributed by atoms with Crippen molar-refractivity contribution >= 4 is 12.1 Å². The molecule has 1 saturated heterocycles. The molecule has 2 aliphatic rings. The smallest absolute Gasteiger partial charge is 0.408 e. The number of fused-ring (bicyclic) bond motifs is 1. The normalized spacial score (nSPS) is 32.4. The molecule has 1 saturated carbocycles. The largest absolute Gasteiger partial charge is 0.463 e. The predicted molar refractivity (Wildman–Crippen MR) is 55.7 cm³/mol. The van der Waals surface area contributed by atoms with Crippen LogP contribution in [0, 0.1) is 11.8 Å². The molecule has 5 heteroatoms. The Balaban J connectivity index is 1.83. The van der Waals surface area contributed by atoms with Gasteiger partial charge in [-0.2, -0.15) is 0 Å². The Morgan fingerprint density at radius 1 is 1.50 bits per heavy atom. The van der Waals surface area contributed by atoms with E-state index in [9.17, 15) is 9.59 Å². The summed E-state index contributed by atoms with van der Waals surface area (Å²) in [6.07, 6.45) is 0.375. The van der Waals surface area contributed by atoms with E-state index in [-0.39, 0.29) is 30.5 Å². The van der Waals surface area contributed by atoms with E-state index in [4.69, 9.17) is 9.47 Å². The van der Waals surface area contributed by atoms with Gasteiger partial charge in [0.05, 0.1) is 12.0 Å². The lowest BCUT2D eigenvalue weighted by Gasteiger charge is -2.25. The maximum atomic E-state index is 11.5. The van der Waals surface area contributed by atoms with Crippen molar-refractivity contribution < 1.29 is 19.1 Å². The number of amides is 1. The fraction of sp³-hybridized carbons (Fsp3) is 0.818. The second-order valence-electron chi connectivity index (χ2n) is 5.39. The minimum absolute atomic E-state index is 0.00585. The van der Waals surface area contributed by atoms with Gasteiger partial charge in [-0.3, -0.25) is 4.79 Å². The van der Waals surface area contributed by atoms with Gasteiger partial charge in [-0.15, -0.1) is 0 Å². The standard InChI is InChI=1S/C11H17NO4/c1-11(2,3)16-10(14)12-8-5-15-9(13)7-4-6(7)8/h6-8H,4-5H2,1-3H3,(H,12,14)/t6-,7+,8-/m1/s1. The summed E-state index contributed by atoms with van der Waals surface area (Å²) in [5.74, 6) is 0.106. The van der Waals surface area contributed by atoms with E-state index in [0.29, 0.717) is 0 Å². The highest BCUT2D eigenvalue weighted by atomic mass is 16.6. The average molecular weight is 227 g/mol. The van der Waals surface area contributed by atoms with Crippen LogP contribution in [0.15, 0.2) is 0 Å². The predicted octanol–water partition coefficient (Wildman–Crippen LogP) is 1.07. The summed E-state index contributed by atoms with van der Waals surface area (Å²) in [5, 5.41) is 2.75. The number of ether oxygens (including phenoxy) is 2. The summed E-state index contributed by atoms with van der Waals surface area (Å²) in [6.45, 7) is 5.70. The van der Waals surface area contributed by atoms with Crippen molar-refractivity contribution in [2.45, 2.75) is 38.8 Å². The molecule has 0 bridgehead atoms. The van der Waals surface area contributed by atoms with E-state index in [2.05, 4.69) is 5.32 Å². The first-order valence-electron chi connectivity index (χ1n) is 5.53. The number of nitrogens with one attached hydrogen (secondary N) is 1. The molecule has 0 radical (unpaired) electrons. The number of carbonyl (C=O) groups excluding carboxylic acids is 2. The van der Waals surface area contributed by atoms with Gasteiger partial charge in [0.15, 0.2) is 0 Å². The number of hydrogen-bond acceptors (Lipinski definition) is 4. The van der Waals surface area contributed by atoms with Crippen LogP contribution in [0.1, 0.15) is 27.2 Å². The topological polar surface area (TPSA) is 64.6 Å². The number of esters is 1. The monoisotopic (exact) mass is 227 g/mol. The fourth-order valence-electron chi connectivity index (χ4n) is 1.94. The van der Waals surface area contributed by atoms with Crippen LogP contribution in [0.25, 0.3) is 0 Å². The molecule has 3 atom stereocenters. The first-order valence-corrected chi connectivity index (χ1v) is 5.53. The molecule has 16 heavy (non-hydrogen) atoms. The molecule has 0 aromatic heterocycles. The summed E-state index contributed by atoms with van der Waals surface area (Å²) in [4.78, 5) is 22.6. The third-order valence-electron chi connectivity index (χ3n) is 2.77. The van der Waals surface area contributed by atoms with Crippen molar-refractivity contribution in [3.8, 4) is 0 Å². The SMILES string of the molecule is CC(C)(C)OC(=O)N[C@@H]1COC(=O)[C@H]2C[C@H]21. The van der Waals surface area contributed by atoms with Gasteiger partial charge in [0.25, 0.3) is 0 Å². The lowest BCUT2D eigenvalue weighted by atomic mass is 10.1. The highest BCUT2D eigenvalue weighted by Crippen LogP contribution is 2.45. The second-order valence-corrected chi connectivity index (χ2v) is 5.39. The molecular formula is C11H17NO4. The number of carbonyl (C=O) groups is 2. The molecule has 0 aromatic rings. The Kier molecular flexibility index (Phi) is 2.56. The van der Waals surface area contributed by atoms with Crippen LogP contribution in [0.5, 0.6) is 0 Å². The summed E-state index contributed by atoms with van der Waals surface area (Å²) < 4.78 is 10.1. The Labute approximate surface area is 94.5 Å². The van der Waals surface area contributed by atoms with Crippen LogP contribution in [-0.4, -0.2) is 30.3 Å². The van der Waals surface area contributed by atoms with Gasteiger partial charge >= 0.3 is 12.1 Å². The molecule has 2 rings (SSSR count). The zero-order chi connectivity index (χ0) is 11.9. The Hall–Kier alpha value is -1.26. The maximum absolute atomic E-state index is 11.5. The zero-order valence-electron chi connectivity index (χ0n) is 9.78. The van der Waals surface area contributed by atoms with E-state index >= 15 is 0 Å². The molecule has 1 aliphatic carbocycles. The molecule has 0 spiro atoms. The van der Waals surface area contributed by atoms with Crippen molar-refractivity contribution in [1.29, 1.82) is 0 Å². The Morgan fingerprint density at radius 2 is 2.19 bits per heavy atom. The lowest BCUT2D eigenvalue weighted by molar-refractivity contribution is -0.149. The van der Waals surface area contributed by atoms with Crippen molar-refractivity contribution in [1.82, 2.24) is 5.32 Å². The molecule has 1 N–H and O–H groups in total. The summed E-state index contributed by atoms with van der Waals surface area (Å²) in [6, 6.07) is -0.0856. The fourth-order valence-corrected chi connectivity index (χ4v) is 1.94. The molecular weight excluding hydrogens is 210 g/mol. The second kappa shape index (κ2) is 3.64. The number of rotatable bonds is 1. The highest BCUT2D eigenvalue weighted by Gasteiger charge is 2.53. The minimum Gasteiger partial charge on any atom is -0.463 e. The minimum atomic E-state index is -0.502. The third kappa shape index (κ3) is 2.46.